The highest BCUT2D eigenvalue weighted by atomic mass is 79.9. The topological polar surface area (TPSA) is 57.5 Å². The molecule has 0 aliphatic heterocycles. The van der Waals surface area contributed by atoms with Crippen molar-refractivity contribution in [2.75, 3.05) is 0 Å². The fourth-order valence-corrected chi connectivity index (χ4v) is 9.79. The van der Waals surface area contributed by atoms with Crippen LogP contribution in [0.4, 0.5) is 0 Å². The molecule has 0 bridgehead atoms. The van der Waals surface area contributed by atoms with Crippen molar-refractivity contribution in [2.24, 2.45) is 0 Å². The number of rotatable bonds is 4. The molecule has 0 atom stereocenters. The highest BCUT2D eigenvalue weighted by molar-refractivity contribution is 9.10. The van der Waals surface area contributed by atoms with Crippen LogP contribution in [0.15, 0.2) is 104 Å². The Morgan fingerprint density at radius 2 is 1.04 bits per heavy atom. The summed E-state index contributed by atoms with van der Waals surface area (Å²) in [6, 6.07) is 25.3. The molecule has 0 heterocycles. The first-order valence-electron chi connectivity index (χ1n) is 7.21. The van der Waals surface area contributed by atoms with E-state index in [2.05, 4.69) is 15.9 Å². The van der Waals surface area contributed by atoms with Crippen LogP contribution >= 0.6 is 32.4 Å². The maximum absolute atomic E-state index is 12.9. The van der Waals surface area contributed by atoms with Crippen molar-refractivity contribution in [1.82, 2.24) is 0 Å². The summed E-state index contributed by atoms with van der Waals surface area (Å²) in [5.41, 5.74) is 0. The van der Waals surface area contributed by atoms with Gasteiger partial charge in [-0.05, 0) is 48.5 Å². The van der Waals surface area contributed by atoms with Crippen molar-refractivity contribution in [3.63, 3.8) is 0 Å². The second-order valence-electron chi connectivity index (χ2n) is 5.15. The first-order valence-corrected chi connectivity index (χ1v) is 11.9. The largest absolute Gasteiger partial charge is 0.378 e. The summed E-state index contributed by atoms with van der Waals surface area (Å²) >= 11 is 3.39. The summed E-state index contributed by atoms with van der Waals surface area (Å²) in [6.45, 7) is -4.52. The van der Waals surface area contributed by atoms with Crippen LogP contribution in [0, 0.1) is 0 Å². The highest BCUT2D eigenvalue weighted by Crippen LogP contribution is 2.88. The van der Waals surface area contributed by atoms with Gasteiger partial charge in [0.1, 0.15) is 0 Å². The van der Waals surface area contributed by atoms with Gasteiger partial charge in [-0.25, -0.2) is 4.57 Å². The molecule has 0 fully saturated rings. The monoisotopic (exact) mass is 422 g/mol. The van der Waals surface area contributed by atoms with Crippen LogP contribution in [0.5, 0.6) is 0 Å². The summed E-state index contributed by atoms with van der Waals surface area (Å²) in [5.74, 6) is 0. The second-order valence-corrected chi connectivity index (χ2v) is 12.7. The van der Waals surface area contributed by atoms with E-state index in [0.717, 1.165) is 4.47 Å². The van der Waals surface area contributed by atoms with E-state index in [-0.39, 0.29) is 0 Å². The summed E-state index contributed by atoms with van der Waals surface area (Å²) in [4.78, 5) is 22.9. The van der Waals surface area contributed by atoms with Crippen molar-refractivity contribution in [2.45, 2.75) is 14.7 Å². The Bertz CT molecular complexity index is 824. The normalized spacial score (nSPS) is 12.8. The van der Waals surface area contributed by atoms with Crippen LogP contribution in [0.2, 0.25) is 0 Å². The molecule has 6 heteroatoms. The smallest absolute Gasteiger partial charge is 0.317 e. The van der Waals surface area contributed by atoms with Gasteiger partial charge >= 0.3 is 6.80 Å². The zero-order valence-electron chi connectivity index (χ0n) is 12.6. The van der Waals surface area contributed by atoms with Gasteiger partial charge in [-0.3, -0.25) is 0 Å². The van der Waals surface area contributed by atoms with Gasteiger partial charge in [0.2, 0.25) is 0 Å². The van der Waals surface area contributed by atoms with Crippen LogP contribution in [0.1, 0.15) is 0 Å². The van der Waals surface area contributed by atoms with Crippen LogP contribution < -0.4 is 0 Å². The average molecular weight is 423 g/mol. The Morgan fingerprint density at radius 3 is 1.42 bits per heavy atom. The molecule has 0 aliphatic rings. The molecule has 2 N–H and O–H groups in total. The van der Waals surface area contributed by atoms with Crippen molar-refractivity contribution >= 4 is 32.4 Å². The first-order chi connectivity index (χ1) is 11.5. The van der Waals surface area contributed by atoms with Gasteiger partial charge in [0, 0.05) is 19.2 Å². The summed E-state index contributed by atoms with van der Waals surface area (Å²) in [6.07, 6.45) is 0. The van der Waals surface area contributed by atoms with Crippen LogP contribution in [0.25, 0.3) is 0 Å². The summed E-state index contributed by atoms with van der Waals surface area (Å²) in [5, 5.41) is 0. The third-order valence-corrected chi connectivity index (χ3v) is 11.8. The van der Waals surface area contributed by atoms with E-state index in [9.17, 15) is 14.4 Å². The molecule has 3 aromatic rings. The fourth-order valence-electron chi connectivity index (χ4n) is 2.69. The molecule has 0 saturated heterocycles. The maximum Gasteiger partial charge on any atom is 0.378 e. The van der Waals surface area contributed by atoms with E-state index >= 15 is 0 Å². The summed E-state index contributed by atoms with van der Waals surface area (Å²) in [7, 11) is -2.72. The van der Waals surface area contributed by atoms with Crippen molar-refractivity contribution in [3.8, 4) is 0 Å². The van der Waals surface area contributed by atoms with Gasteiger partial charge in [-0.1, -0.05) is 62.0 Å². The van der Waals surface area contributed by atoms with Gasteiger partial charge in [0.25, 0.3) is 0 Å². The molecular weight excluding hydrogens is 407 g/mol. The number of hydrogen-bond acceptors (Lipinski definition) is 1. The molecule has 24 heavy (non-hydrogen) atoms. The van der Waals surface area contributed by atoms with E-state index < -0.39 is 16.4 Å². The minimum absolute atomic E-state index is 0.636. The average Bonchev–Trinajstić information content (AvgIpc) is 2.58. The molecule has 0 saturated carbocycles. The fraction of sp³-hybridized carbons (Fsp3) is 0. The van der Waals surface area contributed by atoms with Crippen LogP contribution in [-0.4, -0.2) is 9.79 Å². The SMILES string of the molecule is O=P(O)(O)S(c1ccccc1)(c1ccccc1)c1ccc(Br)cc1. The van der Waals surface area contributed by atoms with Crippen LogP contribution in [-0.2, 0) is 4.57 Å². The predicted molar refractivity (Wildman–Crippen MR) is 101 cm³/mol. The molecule has 0 aliphatic carbocycles. The second kappa shape index (κ2) is 6.87. The molecule has 124 valence electrons. The lowest BCUT2D eigenvalue weighted by Crippen LogP contribution is -2.04. The third-order valence-electron chi connectivity index (χ3n) is 3.68. The molecular formula is C18H16BrO3PS. The Morgan fingerprint density at radius 1 is 0.667 bits per heavy atom. The van der Waals surface area contributed by atoms with E-state index in [4.69, 9.17) is 0 Å². The van der Waals surface area contributed by atoms with E-state index in [0.29, 0.717) is 14.7 Å². The number of benzene rings is 3. The van der Waals surface area contributed by atoms with Gasteiger partial charge < -0.3 is 9.79 Å². The number of hydrogen-bond donors (Lipinski definition) is 2. The van der Waals surface area contributed by atoms with E-state index in [1.165, 1.54) is 0 Å². The van der Waals surface area contributed by atoms with Crippen molar-refractivity contribution in [3.05, 3.63) is 89.4 Å². The van der Waals surface area contributed by atoms with Gasteiger partial charge in [0.15, 0.2) is 0 Å². The lowest BCUT2D eigenvalue weighted by atomic mass is 10.4. The van der Waals surface area contributed by atoms with E-state index in [1.54, 1.807) is 36.4 Å². The minimum Gasteiger partial charge on any atom is -0.317 e. The highest BCUT2D eigenvalue weighted by Gasteiger charge is 2.46. The first kappa shape index (κ1) is 17.5. The molecule has 3 aromatic carbocycles. The van der Waals surface area contributed by atoms with Gasteiger partial charge in [-0.2, -0.15) is 0 Å². The zero-order valence-corrected chi connectivity index (χ0v) is 15.9. The third kappa shape index (κ3) is 2.99. The molecule has 3 rings (SSSR count). The Hall–Kier alpha value is -1.36. The Kier molecular flexibility index (Phi) is 5.00. The Balaban J connectivity index is 2.42. The van der Waals surface area contributed by atoms with Crippen molar-refractivity contribution < 1.29 is 14.4 Å². The maximum atomic E-state index is 12.9. The summed E-state index contributed by atoms with van der Waals surface area (Å²) < 4.78 is 13.7. The number of halogens is 1. The molecule has 0 unspecified atom stereocenters. The minimum atomic E-state index is -4.52. The molecule has 3 nitrogen and oxygen atoms in total. The lowest BCUT2D eigenvalue weighted by Gasteiger charge is -2.41. The Labute approximate surface area is 150 Å². The van der Waals surface area contributed by atoms with Gasteiger partial charge in [0.05, 0.1) is 0 Å². The molecule has 0 aromatic heterocycles. The van der Waals surface area contributed by atoms with E-state index in [1.807, 2.05) is 48.5 Å². The molecule has 0 radical (unpaired) electrons. The standard InChI is InChI=1S/C18H16BrO3PS/c19-15-11-13-18(14-12-15)24(23(20,21)22,16-7-3-1-4-8-16)17-9-5-2-6-10-17/h1-14H,(H2,20,21,22). The van der Waals surface area contributed by atoms with Crippen molar-refractivity contribution in [1.29, 1.82) is 0 Å². The molecule has 0 amide bonds. The predicted octanol–water partition coefficient (Wildman–Crippen LogP) is 5.82. The van der Waals surface area contributed by atoms with Crippen LogP contribution in [0.3, 0.4) is 0 Å². The van der Waals surface area contributed by atoms with Gasteiger partial charge in [-0.15, -0.1) is 0 Å². The lowest BCUT2D eigenvalue weighted by molar-refractivity contribution is 0.395. The quantitative estimate of drug-likeness (QED) is 0.520. The zero-order chi connectivity index (χ0) is 17.2. The molecule has 0 spiro atoms.